The van der Waals surface area contributed by atoms with E-state index >= 15 is 4.39 Å². The zero-order valence-electron chi connectivity index (χ0n) is 18.2. The maximum atomic E-state index is 15.0. The minimum absolute atomic E-state index is 0.0739. The van der Waals surface area contributed by atoms with Gasteiger partial charge in [0.25, 0.3) is 5.91 Å². The van der Waals surface area contributed by atoms with Crippen LogP contribution in [0.4, 0.5) is 17.6 Å². The predicted molar refractivity (Wildman–Crippen MR) is 122 cm³/mol. The summed E-state index contributed by atoms with van der Waals surface area (Å²) in [5.41, 5.74) is -2.57. The Labute approximate surface area is 205 Å². The summed E-state index contributed by atoms with van der Waals surface area (Å²) in [5.74, 6) is -4.21. The van der Waals surface area contributed by atoms with Gasteiger partial charge in [0, 0.05) is 22.7 Å². The molecule has 0 atom stereocenters. The third-order valence-corrected chi connectivity index (χ3v) is 5.80. The van der Waals surface area contributed by atoms with Gasteiger partial charge in [0.1, 0.15) is 5.82 Å². The quantitative estimate of drug-likeness (QED) is 0.253. The maximum absolute atomic E-state index is 15.0. The minimum atomic E-state index is -4.91. The highest BCUT2D eigenvalue weighted by atomic mass is 35.5. The van der Waals surface area contributed by atoms with E-state index in [0.29, 0.717) is 6.07 Å². The van der Waals surface area contributed by atoms with Crippen LogP contribution in [0.1, 0.15) is 36.6 Å². The maximum Gasteiger partial charge on any atom is 0.417 e. The fourth-order valence-electron chi connectivity index (χ4n) is 3.82. The van der Waals surface area contributed by atoms with Gasteiger partial charge in [-0.25, -0.2) is 14.0 Å². The van der Waals surface area contributed by atoms with Crippen molar-refractivity contribution in [1.29, 1.82) is 0 Å². The largest absolute Gasteiger partial charge is 0.478 e. The number of benzene rings is 3. The Morgan fingerprint density at radius 1 is 0.972 bits per heavy atom. The number of hydrogen-bond donors (Lipinski definition) is 1. The summed E-state index contributed by atoms with van der Waals surface area (Å²) in [6, 6.07) is 9.89. The van der Waals surface area contributed by atoms with Crippen LogP contribution in [0.2, 0.25) is 5.02 Å². The van der Waals surface area contributed by atoms with Gasteiger partial charge in [0.05, 0.1) is 39.9 Å². The number of methoxy groups -OCH3 is 1. The molecule has 0 bridgehead atoms. The van der Waals surface area contributed by atoms with Gasteiger partial charge in [-0.05, 0) is 36.4 Å². The summed E-state index contributed by atoms with van der Waals surface area (Å²) in [4.78, 5) is 36.7. The van der Waals surface area contributed by atoms with E-state index in [2.05, 4.69) is 4.74 Å². The van der Waals surface area contributed by atoms with Crippen LogP contribution >= 0.6 is 11.6 Å². The number of carbonyl (C=O) groups is 3. The number of carboxylic acids is 1. The summed E-state index contributed by atoms with van der Waals surface area (Å²) in [5, 5.41) is 9.10. The van der Waals surface area contributed by atoms with Crippen LogP contribution in [0.25, 0.3) is 22.0 Å². The fraction of sp³-hybridized carbons (Fsp3) is 0.0800. The molecule has 0 fully saturated rings. The standard InChI is InChI=1S/C25H14ClF4NO5/c1-36-24(35)13-6-7-14(19(27)9-13)16-11-31(20-10-12(23(33)34)5-8-15(16)20)22(32)21-17(25(28,29)30)3-2-4-18(21)26/h2-11H,1H3,(H,33,34). The first kappa shape index (κ1) is 24.9. The molecule has 0 aliphatic carbocycles. The number of nitrogens with zero attached hydrogens (tertiary/aromatic N) is 1. The van der Waals surface area contributed by atoms with Crippen LogP contribution < -0.4 is 0 Å². The van der Waals surface area contributed by atoms with Gasteiger partial charge in [0.2, 0.25) is 0 Å². The normalized spacial score (nSPS) is 11.5. The molecule has 1 heterocycles. The first-order chi connectivity index (χ1) is 16.9. The van der Waals surface area contributed by atoms with E-state index in [1.165, 1.54) is 24.3 Å². The molecule has 6 nitrogen and oxygen atoms in total. The molecule has 4 rings (SSSR count). The van der Waals surface area contributed by atoms with E-state index in [9.17, 15) is 32.7 Å². The number of ether oxygens (including phenoxy) is 1. The molecule has 1 N–H and O–H groups in total. The van der Waals surface area contributed by atoms with Gasteiger partial charge in [-0.15, -0.1) is 0 Å². The Balaban J connectivity index is 2.00. The monoisotopic (exact) mass is 519 g/mol. The van der Waals surface area contributed by atoms with Gasteiger partial charge in [-0.3, -0.25) is 9.36 Å². The fourth-order valence-corrected chi connectivity index (χ4v) is 4.07. The van der Waals surface area contributed by atoms with Crippen LogP contribution in [0.5, 0.6) is 0 Å². The number of aromatic nitrogens is 1. The van der Waals surface area contributed by atoms with Crippen molar-refractivity contribution >= 4 is 40.3 Å². The van der Waals surface area contributed by atoms with Crippen molar-refractivity contribution in [3.63, 3.8) is 0 Å². The van der Waals surface area contributed by atoms with Gasteiger partial charge in [0.15, 0.2) is 0 Å². The molecule has 0 radical (unpaired) electrons. The van der Waals surface area contributed by atoms with Crippen molar-refractivity contribution in [2.45, 2.75) is 6.18 Å². The van der Waals surface area contributed by atoms with Gasteiger partial charge in [-0.2, -0.15) is 13.2 Å². The molecular formula is C25H14ClF4NO5. The summed E-state index contributed by atoms with van der Waals surface area (Å²) in [6.07, 6.45) is -3.82. The van der Waals surface area contributed by atoms with Crippen molar-refractivity contribution in [3.05, 3.63) is 93.9 Å². The lowest BCUT2D eigenvalue weighted by molar-refractivity contribution is -0.137. The highest BCUT2D eigenvalue weighted by Crippen LogP contribution is 2.38. The average Bonchev–Trinajstić information content (AvgIpc) is 3.21. The molecule has 0 saturated heterocycles. The first-order valence-electron chi connectivity index (χ1n) is 10.1. The number of esters is 1. The predicted octanol–water partition coefficient (Wildman–Crippen LogP) is 6.29. The first-order valence-corrected chi connectivity index (χ1v) is 10.5. The lowest BCUT2D eigenvalue weighted by Gasteiger charge is -2.14. The molecule has 4 aromatic rings. The molecule has 3 aromatic carbocycles. The number of carbonyl (C=O) groups excluding carboxylic acids is 2. The Hall–Kier alpha value is -4.18. The molecule has 36 heavy (non-hydrogen) atoms. The van der Waals surface area contributed by atoms with Crippen LogP contribution in [0.3, 0.4) is 0 Å². The zero-order chi connectivity index (χ0) is 26.4. The highest BCUT2D eigenvalue weighted by molar-refractivity contribution is 6.34. The molecule has 11 heteroatoms. The minimum Gasteiger partial charge on any atom is -0.478 e. The molecule has 0 saturated carbocycles. The summed E-state index contributed by atoms with van der Waals surface area (Å²) in [6.45, 7) is 0. The van der Waals surface area contributed by atoms with E-state index in [0.717, 1.165) is 42.1 Å². The summed E-state index contributed by atoms with van der Waals surface area (Å²) >= 11 is 5.99. The number of alkyl halides is 3. The summed E-state index contributed by atoms with van der Waals surface area (Å²) in [7, 11) is 1.12. The zero-order valence-corrected chi connectivity index (χ0v) is 18.9. The van der Waals surface area contributed by atoms with E-state index in [1.807, 2.05) is 0 Å². The Kier molecular flexibility index (Phi) is 6.32. The molecule has 0 unspecified atom stereocenters. The molecule has 0 aliphatic heterocycles. The topological polar surface area (TPSA) is 85.6 Å². The Bertz CT molecular complexity index is 1560. The number of halogens is 5. The second-order valence-electron chi connectivity index (χ2n) is 7.60. The number of rotatable bonds is 4. The van der Waals surface area contributed by atoms with Gasteiger partial charge >= 0.3 is 18.1 Å². The SMILES string of the molecule is COC(=O)c1ccc(-c2cn(C(=O)c3c(Cl)cccc3C(F)(F)F)c3cc(C(=O)O)ccc23)c(F)c1. The average molecular weight is 520 g/mol. The van der Waals surface area contributed by atoms with Crippen LogP contribution in [0.15, 0.2) is 60.8 Å². The van der Waals surface area contributed by atoms with Gasteiger partial charge < -0.3 is 9.84 Å². The number of aromatic carboxylic acids is 1. The Morgan fingerprint density at radius 2 is 1.67 bits per heavy atom. The van der Waals surface area contributed by atoms with E-state index in [4.69, 9.17) is 11.6 Å². The van der Waals surface area contributed by atoms with Crippen molar-refractivity contribution in [1.82, 2.24) is 4.57 Å². The second-order valence-corrected chi connectivity index (χ2v) is 8.01. The van der Waals surface area contributed by atoms with Crippen LogP contribution in [-0.4, -0.2) is 34.6 Å². The number of hydrogen-bond acceptors (Lipinski definition) is 4. The molecule has 0 spiro atoms. The lowest BCUT2D eigenvalue weighted by Crippen LogP contribution is -2.18. The Morgan fingerprint density at radius 3 is 2.28 bits per heavy atom. The third-order valence-electron chi connectivity index (χ3n) is 5.48. The second kappa shape index (κ2) is 9.12. The van der Waals surface area contributed by atoms with Gasteiger partial charge in [-0.1, -0.05) is 29.8 Å². The van der Waals surface area contributed by atoms with Crippen molar-refractivity contribution in [2.24, 2.45) is 0 Å². The molecule has 0 aliphatic rings. The molecule has 1 aromatic heterocycles. The van der Waals surface area contributed by atoms with Crippen LogP contribution in [0, 0.1) is 5.82 Å². The van der Waals surface area contributed by atoms with Crippen molar-refractivity contribution in [2.75, 3.05) is 7.11 Å². The molecule has 0 amide bonds. The van der Waals surface area contributed by atoms with Crippen molar-refractivity contribution < 1.29 is 41.8 Å². The van der Waals surface area contributed by atoms with Crippen LogP contribution in [-0.2, 0) is 10.9 Å². The van der Waals surface area contributed by atoms with E-state index in [1.54, 1.807) is 0 Å². The van der Waals surface area contributed by atoms with Crippen molar-refractivity contribution in [3.8, 4) is 11.1 Å². The lowest BCUT2D eigenvalue weighted by atomic mass is 10.0. The number of fused-ring (bicyclic) bond motifs is 1. The number of carboxylic acid groups (broad SMARTS) is 1. The summed E-state index contributed by atoms with van der Waals surface area (Å²) < 4.78 is 61.4. The van der Waals surface area contributed by atoms with E-state index in [-0.39, 0.29) is 33.2 Å². The smallest absolute Gasteiger partial charge is 0.417 e. The molecule has 184 valence electrons. The van der Waals surface area contributed by atoms with E-state index < -0.39 is 46.0 Å². The third kappa shape index (κ3) is 4.31. The highest BCUT2D eigenvalue weighted by Gasteiger charge is 2.37. The molecular weight excluding hydrogens is 506 g/mol.